The van der Waals surface area contributed by atoms with E-state index in [1.807, 2.05) is 45.0 Å². The lowest BCUT2D eigenvalue weighted by Gasteiger charge is -2.33. The molecule has 36 heavy (non-hydrogen) atoms. The van der Waals surface area contributed by atoms with Crippen LogP contribution in [0.4, 0.5) is 11.4 Å². The van der Waals surface area contributed by atoms with Gasteiger partial charge in [0.25, 0.3) is 5.69 Å². The van der Waals surface area contributed by atoms with Crippen molar-refractivity contribution in [1.29, 1.82) is 0 Å². The Morgan fingerprint density at radius 1 is 1.08 bits per heavy atom. The van der Waals surface area contributed by atoms with E-state index in [0.29, 0.717) is 12.0 Å². The van der Waals surface area contributed by atoms with Crippen LogP contribution in [-0.2, 0) is 26.2 Å². The van der Waals surface area contributed by atoms with Gasteiger partial charge in [0.2, 0.25) is 21.8 Å². The third kappa shape index (κ3) is 7.51. The summed E-state index contributed by atoms with van der Waals surface area (Å²) in [5.41, 5.74) is 2.01. The molecule has 0 fully saturated rings. The molecule has 2 aromatic rings. The van der Waals surface area contributed by atoms with Crippen LogP contribution >= 0.6 is 0 Å². The summed E-state index contributed by atoms with van der Waals surface area (Å²) in [6.45, 7) is 8.42. The lowest BCUT2D eigenvalue weighted by molar-refractivity contribution is -0.384. The minimum atomic E-state index is -4.00. The van der Waals surface area contributed by atoms with Gasteiger partial charge in [-0.3, -0.25) is 24.0 Å². The number of benzene rings is 2. The van der Waals surface area contributed by atoms with Crippen molar-refractivity contribution in [1.82, 2.24) is 10.2 Å². The van der Waals surface area contributed by atoms with E-state index in [1.54, 1.807) is 13.8 Å². The highest BCUT2D eigenvalue weighted by Crippen LogP contribution is 2.28. The van der Waals surface area contributed by atoms with Gasteiger partial charge in [-0.15, -0.1) is 0 Å². The fourth-order valence-electron chi connectivity index (χ4n) is 3.77. The molecule has 2 aromatic carbocycles. The molecular weight excluding hydrogens is 484 g/mol. The second-order valence-corrected chi connectivity index (χ2v) is 11.0. The highest BCUT2D eigenvalue weighted by Gasteiger charge is 2.32. The molecule has 0 aromatic heterocycles. The van der Waals surface area contributed by atoms with Crippen LogP contribution in [0.3, 0.4) is 0 Å². The number of aryl methyl sites for hydroxylation is 2. The van der Waals surface area contributed by atoms with Crippen molar-refractivity contribution in [2.45, 2.75) is 59.7 Å². The van der Waals surface area contributed by atoms with E-state index in [1.165, 1.54) is 17.0 Å². The van der Waals surface area contributed by atoms with E-state index >= 15 is 0 Å². The van der Waals surface area contributed by atoms with Crippen LogP contribution in [0.25, 0.3) is 0 Å². The molecule has 0 spiro atoms. The first-order valence-corrected chi connectivity index (χ1v) is 13.5. The van der Waals surface area contributed by atoms with Crippen LogP contribution in [-0.4, -0.2) is 54.9 Å². The van der Waals surface area contributed by atoms with Gasteiger partial charge in [-0.1, -0.05) is 42.8 Å². The quantitative estimate of drug-likeness (QED) is 0.359. The largest absolute Gasteiger partial charge is 0.352 e. The lowest BCUT2D eigenvalue weighted by Crippen LogP contribution is -2.53. The molecule has 10 nitrogen and oxygen atoms in total. The van der Waals surface area contributed by atoms with Crippen LogP contribution in [0.2, 0.25) is 0 Å². The zero-order valence-corrected chi connectivity index (χ0v) is 22.3. The van der Waals surface area contributed by atoms with E-state index in [0.717, 1.165) is 27.8 Å². The van der Waals surface area contributed by atoms with Crippen molar-refractivity contribution in [3.8, 4) is 0 Å². The van der Waals surface area contributed by atoms with E-state index in [-0.39, 0.29) is 29.9 Å². The number of nitrogens with one attached hydrogen (secondary N) is 1. The Hall–Kier alpha value is -3.47. The summed E-state index contributed by atoms with van der Waals surface area (Å²) in [5.74, 6) is -0.942. The average molecular weight is 519 g/mol. The highest BCUT2D eigenvalue weighted by molar-refractivity contribution is 7.92. The maximum absolute atomic E-state index is 13.7. The minimum Gasteiger partial charge on any atom is -0.352 e. The van der Waals surface area contributed by atoms with Gasteiger partial charge in [-0.05, 0) is 45.2 Å². The number of rotatable bonds is 11. The summed E-state index contributed by atoms with van der Waals surface area (Å²) in [4.78, 5) is 38.7. The molecule has 1 atom stereocenters. The lowest BCUT2D eigenvalue weighted by atomic mass is 10.1. The molecule has 196 valence electrons. The number of nitrogens with zero attached hydrogens (tertiary/aromatic N) is 3. The van der Waals surface area contributed by atoms with E-state index in [2.05, 4.69) is 5.32 Å². The zero-order chi connectivity index (χ0) is 27.2. The van der Waals surface area contributed by atoms with Crippen LogP contribution in [0.1, 0.15) is 43.9 Å². The third-order valence-electron chi connectivity index (χ3n) is 5.64. The Bertz CT molecular complexity index is 1210. The van der Waals surface area contributed by atoms with Crippen molar-refractivity contribution in [3.63, 3.8) is 0 Å². The van der Waals surface area contributed by atoms with E-state index < -0.39 is 33.4 Å². The summed E-state index contributed by atoms with van der Waals surface area (Å²) >= 11 is 0. The number of anilines is 1. The normalized spacial score (nSPS) is 12.2. The first-order chi connectivity index (χ1) is 16.7. The van der Waals surface area contributed by atoms with Crippen molar-refractivity contribution >= 4 is 33.2 Å². The van der Waals surface area contributed by atoms with Crippen LogP contribution in [0.15, 0.2) is 42.5 Å². The van der Waals surface area contributed by atoms with Gasteiger partial charge in [-0.25, -0.2) is 8.42 Å². The number of nitro benzene ring substituents is 1. The van der Waals surface area contributed by atoms with Crippen LogP contribution in [0, 0.1) is 24.0 Å². The second-order valence-electron chi connectivity index (χ2n) is 9.09. The smallest absolute Gasteiger partial charge is 0.271 e. The number of carbonyl (C=O) groups is 2. The number of nitro groups is 1. The molecule has 0 aliphatic heterocycles. The van der Waals surface area contributed by atoms with E-state index in [9.17, 15) is 28.1 Å². The maximum Gasteiger partial charge on any atom is 0.271 e. The number of hydrogen-bond donors (Lipinski definition) is 1. The molecule has 0 aliphatic carbocycles. The molecule has 0 saturated heterocycles. The topological polar surface area (TPSA) is 130 Å². The molecule has 11 heteroatoms. The Balaban J connectivity index is 2.52. The molecule has 2 amide bonds. The van der Waals surface area contributed by atoms with Gasteiger partial charge in [0, 0.05) is 24.7 Å². The van der Waals surface area contributed by atoms with Gasteiger partial charge in [0.1, 0.15) is 12.6 Å². The molecule has 0 bridgehead atoms. The molecular formula is C25H34N4O6S. The van der Waals surface area contributed by atoms with Gasteiger partial charge < -0.3 is 10.2 Å². The molecule has 0 heterocycles. The summed E-state index contributed by atoms with van der Waals surface area (Å²) < 4.78 is 26.3. The summed E-state index contributed by atoms with van der Waals surface area (Å²) in [6, 6.07) is 10.3. The minimum absolute atomic E-state index is 0.0371. The Morgan fingerprint density at radius 2 is 1.69 bits per heavy atom. The highest BCUT2D eigenvalue weighted by atomic mass is 32.2. The Kier molecular flexibility index (Phi) is 9.57. The monoisotopic (exact) mass is 518 g/mol. The number of amides is 2. The predicted octanol–water partition coefficient (Wildman–Crippen LogP) is 3.31. The van der Waals surface area contributed by atoms with Crippen molar-refractivity contribution in [3.05, 3.63) is 69.3 Å². The van der Waals surface area contributed by atoms with Crippen molar-refractivity contribution < 1.29 is 22.9 Å². The number of carbonyl (C=O) groups excluding carboxylic acids is 2. The SMILES string of the molecule is CCC(C(=O)NC(C)C)N(Cc1ccc(C)cc1)C(=O)CN(c1cc([N+](=O)[O-])ccc1C)S(C)(=O)=O. The first-order valence-electron chi connectivity index (χ1n) is 11.6. The number of hydrogen-bond acceptors (Lipinski definition) is 6. The summed E-state index contributed by atoms with van der Waals surface area (Å²) in [6.07, 6.45) is 1.25. The molecule has 0 aliphatic rings. The first kappa shape index (κ1) is 28.8. The van der Waals surface area contributed by atoms with Crippen LogP contribution in [0.5, 0.6) is 0 Å². The second kappa shape index (κ2) is 12.0. The van der Waals surface area contributed by atoms with E-state index in [4.69, 9.17) is 0 Å². The van der Waals surface area contributed by atoms with Gasteiger partial charge in [0.05, 0.1) is 16.9 Å². The maximum atomic E-state index is 13.7. The average Bonchev–Trinajstić information content (AvgIpc) is 2.77. The molecule has 0 radical (unpaired) electrons. The summed E-state index contributed by atoms with van der Waals surface area (Å²) in [7, 11) is -4.00. The fourth-order valence-corrected chi connectivity index (χ4v) is 4.66. The summed E-state index contributed by atoms with van der Waals surface area (Å²) in [5, 5.41) is 14.1. The fraction of sp³-hybridized carbons (Fsp3) is 0.440. The van der Waals surface area contributed by atoms with Gasteiger partial charge >= 0.3 is 0 Å². The Labute approximate surface area is 212 Å². The molecule has 0 saturated carbocycles. The van der Waals surface area contributed by atoms with Gasteiger partial charge in [0.15, 0.2) is 0 Å². The zero-order valence-electron chi connectivity index (χ0n) is 21.5. The van der Waals surface area contributed by atoms with Crippen molar-refractivity contribution in [2.75, 3.05) is 17.1 Å². The predicted molar refractivity (Wildman–Crippen MR) is 139 cm³/mol. The standard InChI is InChI=1S/C25H34N4O6S/c1-7-22(25(31)26-17(2)3)27(15-20-11-8-18(4)9-12-20)24(30)16-28(36(6,34)35)23-14-21(29(32)33)13-10-19(23)5/h8-14,17,22H,7,15-16H2,1-6H3,(H,26,31). The molecule has 1 N–H and O–H groups in total. The third-order valence-corrected chi connectivity index (χ3v) is 6.77. The van der Waals surface area contributed by atoms with Crippen molar-refractivity contribution in [2.24, 2.45) is 0 Å². The Morgan fingerprint density at radius 3 is 2.19 bits per heavy atom. The number of sulfonamides is 1. The van der Waals surface area contributed by atoms with Gasteiger partial charge in [-0.2, -0.15) is 0 Å². The van der Waals surface area contributed by atoms with Crippen LogP contribution < -0.4 is 9.62 Å². The molecule has 1 unspecified atom stereocenters. The number of non-ortho nitro benzene ring substituents is 1. The molecule has 2 rings (SSSR count).